The predicted molar refractivity (Wildman–Crippen MR) is 65.1 cm³/mol. The zero-order valence-corrected chi connectivity index (χ0v) is 9.78. The summed E-state index contributed by atoms with van der Waals surface area (Å²) in [5.41, 5.74) is 1.86. The molecular formula is C10H11Cl2N3. The number of hydrogen-bond donors (Lipinski definition) is 2. The molecule has 0 saturated heterocycles. The molecule has 1 aliphatic rings. The summed E-state index contributed by atoms with van der Waals surface area (Å²) in [7, 11) is 0. The van der Waals surface area contributed by atoms with E-state index in [2.05, 4.69) is 15.6 Å². The molecule has 3 nitrogen and oxygen atoms in total. The first-order chi connectivity index (χ1) is 7.18. The Labute approximate surface area is 98.5 Å². The van der Waals surface area contributed by atoms with Crippen molar-refractivity contribution in [2.45, 2.75) is 6.92 Å². The summed E-state index contributed by atoms with van der Waals surface area (Å²) < 4.78 is 0. The van der Waals surface area contributed by atoms with Gasteiger partial charge in [-0.15, -0.1) is 0 Å². The predicted octanol–water partition coefficient (Wildman–Crippen LogP) is 2.67. The summed E-state index contributed by atoms with van der Waals surface area (Å²) in [5, 5.41) is 7.34. The number of halogens is 2. The Bertz CT molecular complexity index is 415. The molecule has 0 radical (unpaired) electrons. The smallest absolute Gasteiger partial charge is 0.195 e. The van der Waals surface area contributed by atoms with Gasteiger partial charge in [0.1, 0.15) is 0 Å². The number of nitrogens with one attached hydrogen (secondary N) is 2. The summed E-state index contributed by atoms with van der Waals surface area (Å²) >= 11 is 12.0. The molecule has 0 aromatic heterocycles. The third-order valence-corrected chi connectivity index (χ3v) is 3.03. The van der Waals surface area contributed by atoms with E-state index in [4.69, 9.17) is 23.2 Å². The van der Waals surface area contributed by atoms with Crippen LogP contribution in [0.2, 0.25) is 10.0 Å². The van der Waals surface area contributed by atoms with Gasteiger partial charge in [0.2, 0.25) is 0 Å². The molecule has 5 heteroatoms. The second kappa shape index (κ2) is 4.29. The highest BCUT2D eigenvalue weighted by atomic mass is 35.5. The molecule has 0 spiro atoms. The van der Waals surface area contributed by atoms with E-state index in [1.165, 1.54) is 0 Å². The number of aliphatic imine (C=N–C) groups is 1. The molecule has 80 valence electrons. The van der Waals surface area contributed by atoms with Crippen LogP contribution < -0.4 is 10.6 Å². The minimum atomic E-state index is 0.535. The molecule has 1 aliphatic heterocycles. The van der Waals surface area contributed by atoms with Gasteiger partial charge in [-0.05, 0) is 18.6 Å². The molecule has 0 saturated carbocycles. The van der Waals surface area contributed by atoms with Crippen LogP contribution in [0.3, 0.4) is 0 Å². The van der Waals surface area contributed by atoms with Crippen LogP contribution in [-0.2, 0) is 0 Å². The molecule has 1 aromatic carbocycles. The maximum atomic E-state index is 6.10. The van der Waals surface area contributed by atoms with Gasteiger partial charge < -0.3 is 10.6 Å². The zero-order chi connectivity index (χ0) is 10.8. The Morgan fingerprint density at radius 3 is 2.87 bits per heavy atom. The second-order valence-electron chi connectivity index (χ2n) is 3.34. The number of benzene rings is 1. The molecule has 0 amide bonds. The topological polar surface area (TPSA) is 36.4 Å². The SMILES string of the molecule is Cc1ccc(Cl)c(Cl)c1NC1=NCCN1. The summed E-state index contributed by atoms with van der Waals surface area (Å²) in [4.78, 5) is 4.24. The summed E-state index contributed by atoms with van der Waals surface area (Å²) in [5.74, 6) is 0.752. The van der Waals surface area contributed by atoms with Gasteiger partial charge in [-0.3, -0.25) is 4.99 Å². The monoisotopic (exact) mass is 243 g/mol. The standard InChI is InChI=1S/C10H11Cl2N3/c1-6-2-3-7(11)8(12)9(6)15-10-13-4-5-14-10/h2-3H,4-5H2,1H3,(H2,13,14,15). The summed E-state index contributed by atoms with van der Waals surface area (Å²) in [6.45, 7) is 3.62. The molecular weight excluding hydrogens is 233 g/mol. The molecule has 0 fully saturated rings. The lowest BCUT2D eigenvalue weighted by Crippen LogP contribution is -2.26. The molecule has 1 heterocycles. The van der Waals surface area contributed by atoms with Crippen LogP contribution in [0, 0.1) is 6.92 Å². The van der Waals surface area contributed by atoms with Crippen molar-refractivity contribution in [3.05, 3.63) is 27.7 Å². The number of aryl methyl sites for hydroxylation is 1. The fraction of sp³-hybridized carbons (Fsp3) is 0.300. The van der Waals surface area contributed by atoms with Gasteiger partial charge in [0, 0.05) is 6.54 Å². The van der Waals surface area contributed by atoms with Gasteiger partial charge >= 0.3 is 0 Å². The van der Waals surface area contributed by atoms with Crippen LogP contribution in [0.5, 0.6) is 0 Å². The molecule has 2 rings (SSSR count). The van der Waals surface area contributed by atoms with E-state index >= 15 is 0 Å². The minimum Gasteiger partial charge on any atom is -0.354 e. The van der Waals surface area contributed by atoms with Gasteiger partial charge in [0.05, 0.1) is 22.3 Å². The van der Waals surface area contributed by atoms with Gasteiger partial charge in [-0.1, -0.05) is 29.3 Å². The van der Waals surface area contributed by atoms with Crippen molar-refractivity contribution in [3.8, 4) is 0 Å². The third kappa shape index (κ3) is 2.19. The first kappa shape index (κ1) is 10.6. The lowest BCUT2D eigenvalue weighted by Gasteiger charge is -2.12. The quantitative estimate of drug-likeness (QED) is 0.796. The first-order valence-electron chi connectivity index (χ1n) is 4.68. The van der Waals surface area contributed by atoms with E-state index in [1.807, 2.05) is 13.0 Å². The highest BCUT2D eigenvalue weighted by Crippen LogP contribution is 2.32. The van der Waals surface area contributed by atoms with Crippen LogP contribution in [0.25, 0.3) is 0 Å². The van der Waals surface area contributed by atoms with E-state index in [1.54, 1.807) is 6.07 Å². The fourth-order valence-electron chi connectivity index (χ4n) is 1.40. The van der Waals surface area contributed by atoms with E-state index in [0.29, 0.717) is 10.0 Å². The molecule has 0 atom stereocenters. The number of anilines is 1. The molecule has 2 N–H and O–H groups in total. The van der Waals surface area contributed by atoms with Gasteiger partial charge in [0.25, 0.3) is 0 Å². The van der Waals surface area contributed by atoms with Crippen LogP contribution >= 0.6 is 23.2 Å². The van der Waals surface area contributed by atoms with E-state index in [-0.39, 0.29) is 0 Å². The van der Waals surface area contributed by atoms with Crippen molar-refractivity contribution >= 4 is 34.8 Å². The number of nitrogens with zero attached hydrogens (tertiary/aromatic N) is 1. The minimum absolute atomic E-state index is 0.535. The molecule has 0 bridgehead atoms. The van der Waals surface area contributed by atoms with Crippen molar-refractivity contribution in [3.63, 3.8) is 0 Å². The molecule has 15 heavy (non-hydrogen) atoms. The normalized spacial score (nSPS) is 14.7. The highest BCUT2D eigenvalue weighted by molar-refractivity contribution is 6.44. The number of hydrogen-bond acceptors (Lipinski definition) is 3. The van der Waals surface area contributed by atoms with Crippen molar-refractivity contribution < 1.29 is 0 Å². The molecule has 0 aliphatic carbocycles. The maximum Gasteiger partial charge on any atom is 0.195 e. The van der Waals surface area contributed by atoms with E-state index in [0.717, 1.165) is 30.3 Å². The second-order valence-corrected chi connectivity index (χ2v) is 4.12. The Morgan fingerprint density at radius 2 is 2.20 bits per heavy atom. The maximum absolute atomic E-state index is 6.10. The first-order valence-corrected chi connectivity index (χ1v) is 5.44. The zero-order valence-electron chi connectivity index (χ0n) is 8.27. The van der Waals surface area contributed by atoms with Crippen molar-refractivity contribution in [2.75, 3.05) is 18.4 Å². The number of rotatable bonds is 1. The third-order valence-electron chi connectivity index (χ3n) is 2.22. The van der Waals surface area contributed by atoms with Crippen LogP contribution in [0.1, 0.15) is 5.56 Å². The summed E-state index contributed by atoms with van der Waals surface area (Å²) in [6.07, 6.45) is 0. The Hall–Kier alpha value is -0.930. The average molecular weight is 244 g/mol. The van der Waals surface area contributed by atoms with Gasteiger partial charge in [-0.25, -0.2) is 0 Å². The lowest BCUT2D eigenvalue weighted by molar-refractivity contribution is 0.959. The van der Waals surface area contributed by atoms with Gasteiger partial charge in [0.15, 0.2) is 5.96 Å². The number of guanidine groups is 1. The largest absolute Gasteiger partial charge is 0.354 e. The molecule has 0 unspecified atom stereocenters. The fourth-order valence-corrected chi connectivity index (χ4v) is 1.82. The lowest BCUT2D eigenvalue weighted by atomic mass is 10.2. The summed E-state index contributed by atoms with van der Waals surface area (Å²) in [6, 6.07) is 3.71. The highest BCUT2D eigenvalue weighted by Gasteiger charge is 2.11. The van der Waals surface area contributed by atoms with Crippen molar-refractivity contribution in [2.24, 2.45) is 4.99 Å². The van der Waals surface area contributed by atoms with Gasteiger partial charge in [-0.2, -0.15) is 0 Å². The Balaban J connectivity index is 2.30. The Kier molecular flexibility index (Phi) is 3.03. The van der Waals surface area contributed by atoms with Crippen molar-refractivity contribution in [1.82, 2.24) is 5.32 Å². The van der Waals surface area contributed by atoms with Crippen molar-refractivity contribution in [1.29, 1.82) is 0 Å². The molecule has 1 aromatic rings. The van der Waals surface area contributed by atoms with Crippen LogP contribution in [-0.4, -0.2) is 19.0 Å². The Morgan fingerprint density at radius 1 is 1.40 bits per heavy atom. The van der Waals surface area contributed by atoms with Crippen LogP contribution in [0.4, 0.5) is 5.69 Å². The van der Waals surface area contributed by atoms with Crippen LogP contribution in [0.15, 0.2) is 17.1 Å². The van der Waals surface area contributed by atoms with E-state index < -0.39 is 0 Å². The average Bonchev–Trinajstić information content (AvgIpc) is 2.71. The van der Waals surface area contributed by atoms with E-state index in [9.17, 15) is 0 Å².